The Bertz CT molecular complexity index is 681. The normalized spacial score (nSPS) is 12.3. The maximum atomic E-state index is 6.09. The second-order valence-corrected chi connectivity index (χ2v) is 5.44. The van der Waals surface area contributed by atoms with Gasteiger partial charge in [0.15, 0.2) is 0 Å². The van der Waals surface area contributed by atoms with Crippen LogP contribution in [0.3, 0.4) is 0 Å². The van der Waals surface area contributed by atoms with Gasteiger partial charge in [0.05, 0.1) is 28.6 Å². The van der Waals surface area contributed by atoms with Gasteiger partial charge in [0.1, 0.15) is 12.7 Å². The van der Waals surface area contributed by atoms with Crippen LogP contribution in [0.2, 0.25) is 5.02 Å². The van der Waals surface area contributed by atoms with Crippen LogP contribution in [-0.4, -0.2) is 19.7 Å². The molecule has 1 atom stereocenters. The Hall–Kier alpha value is -1.92. The molecule has 0 aliphatic rings. The molecule has 0 bridgehead atoms. The lowest BCUT2D eigenvalue weighted by Gasteiger charge is -2.16. The van der Waals surface area contributed by atoms with E-state index in [0.717, 1.165) is 17.1 Å². The van der Waals surface area contributed by atoms with Gasteiger partial charge in [-0.1, -0.05) is 11.6 Å². The fraction of sp³-hybridized carbons (Fsp3) is 0.154. The Morgan fingerprint density at radius 1 is 1.40 bits per heavy atom. The van der Waals surface area contributed by atoms with Crippen molar-refractivity contribution in [1.29, 1.82) is 0 Å². The first-order valence-corrected chi connectivity index (χ1v) is 7.35. The second-order valence-electron chi connectivity index (χ2n) is 4.28. The van der Waals surface area contributed by atoms with Gasteiger partial charge >= 0.3 is 0 Å². The van der Waals surface area contributed by atoms with Crippen LogP contribution in [0.1, 0.15) is 18.7 Å². The summed E-state index contributed by atoms with van der Waals surface area (Å²) >= 11 is 7.67. The van der Waals surface area contributed by atoms with Gasteiger partial charge in [-0.25, -0.2) is 14.6 Å². The first-order valence-electron chi connectivity index (χ1n) is 6.03. The number of anilines is 1. The minimum absolute atomic E-state index is 0.0852. The number of aromatic nitrogens is 4. The molecule has 0 spiro atoms. The zero-order valence-electron chi connectivity index (χ0n) is 10.7. The molecule has 0 aliphatic heterocycles. The zero-order chi connectivity index (χ0) is 13.9. The van der Waals surface area contributed by atoms with E-state index in [1.807, 2.05) is 29.1 Å². The van der Waals surface area contributed by atoms with E-state index in [9.17, 15) is 0 Å². The smallest absolute Gasteiger partial charge is 0.138 e. The number of hydrogen-bond acceptors (Lipinski definition) is 5. The van der Waals surface area contributed by atoms with Gasteiger partial charge in [-0.05, 0) is 25.1 Å². The zero-order valence-corrected chi connectivity index (χ0v) is 12.3. The maximum Gasteiger partial charge on any atom is 0.138 e. The summed E-state index contributed by atoms with van der Waals surface area (Å²) in [5.74, 6) is 0. The molecule has 0 fully saturated rings. The van der Waals surface area contributed by atoms with Crippen LogP contribution in [0.15, 0.2) is 41.7 Å². The molecule has 1 aromatic carbocycles. The predicted molar refractivity (Wildman–Crippen MR) is 80.5 cm³/mol. The summed E-state index contributed by atoms with van der Waals surface area (Å²) in [6, 6.07) is 5.70. The van der Waals surface area contributed by atoms with Crippen molar-refractivity contribution in [3.8, 4) is 5.69 Å². The maximum absolute atomic E-state index is 6.09. The number of rotatable bonds is 4. The third-order valence-electron chi connectivity index (χ3n) is 2.89. The number of nitrogens with zero attached hydrogens (tertiary/aromatic N) is 4. The Morgan fingerprint density at radius 3 is 3.00 bits per heavy atom. The molecule has 5 nitrogen and oxygen atoms in total. The number of benzene rings is 1. The number of hydrogen-bond donors (Lipinski definition) is 1. The largest absolute Gasteiger partial charge is 0.375 e. The topological polar surface area (TPSA) is 55.6 Å². The monoisotopic (exact) mass is 305 g/mol. The van der Waals surface area contributed by atoms with E-state index in [-0.39, 0.29) is 6.04 Å². The number of nitrogens with one attached hydrogen (secondary N) is 1. The molecular weight excluding hydrogens is 294 g/mol. The Balaban J connectivity index is 1.94. The minimum atomic E-state index is 0.0852. The van der Waals surface area contributed by atoms with E-state index in [2.05, 4.69) is 27.3 Å². The lowest BCUT2D eigenvalue weighted by molar-refractivity contribution is 0.833. The van der Waals surface area contributed by atoms with Crippen LogP contribution in [-0.2, 0) is 0 Å². The van der Waals surface area contributed by atoms with Crippen LogP contribution in [0.25, 0.3) is 5.69 Å². The van der Waals surface area contributed by atoms with Crippen molar-refractivity contribution in [2.75, 3.05) is 5.32 Å². The van der Waals surface area contributed by atoms with E-state index in [4.69, 9.17) is 11.6 Å². The number of halogens is 1. The van der Waals surface area contributed by atoms with Crippen molar-refractivity contribution < 1.29 is 0 Å². The molecule has 102 valence electrons. The molecule has 0 amide bonds. The SMILES string of the molecule is CC(Nc1cc(Cl)ccc1-n1cncn1)c1cscn1. The summed E-state index contributed by atoms with van der Waals surface area (Å²) in [4.78, 5) is 8.29. The predicted octanol–water partition coefficient (Wildman–Crippen LogP) is 3.55. The molecule has 0 saturated carbocycles. The van der Waals surface area contributed by atoms with Crippen LogP contribution in [0.4, 0.5) is 5.69 Å². The summed E-state index contributed by atoms with van der Waals surface area (Å²) < 4.78 is 1.70. The quantitative estimate of drug-likeness (QED) is 0.801. The van der Waals surface area contributed by atoms with Crippen LogP contribution in [0, 0.1) is 0 Å². The first-order chi connectivity index (χ1) is 9.74. The minimum Gasteiger partial charge on any atom is -0.375 e. The Kier molecular flexibility index (Phi) is 3.66. The standard InChI is InChI=1S/C13H12ClN5S/c1-9(12-5-20-8-16-12)18-11-4-10(14)2-3-13(11)19-7-15-6-17-19/h2-9,18H,1H3. The molecular formula is C13H12ClN5S. The molecule has 0 saturated heterocycles. The van der Waals surface area contributed by atoms with Crippen LogP contribution < -0.4 is 5.32 Å². The summed E-state index contributed by atoms with van der Waals surface area (Å²) in [6.07, 6.45) is 3.16. The van der Waals surface area contributed by atoms with E-state index >= 15 is 0 Å². The van der Waals surface area contributed by atoms with Crippen molar-refractivity contribution in [2.24, 2.45) is 0 Å². The van der Waals surface area contributed by atoms with Gasteiger partial charge in [-0.3, -0.25) is 0 Å². The van der Waals surface area contributed by atoms with Crippen LogP contribution >= 0.6 is 22.9 Å². The van der Waals surface area contributed by atoms with Gasteiger partial charge in [-0.2, -0.15) is 5.10 Å². The molecule has 7 heteroatoms. The fourth-order valence-corrected chi connectivity index (χ4v) is 2.72. The molecule has 1 N–H and O–H groups in total. The molecule has 3 rings (SSSR count). The van der Waals surface area contributed by atoms with Gasteiger partial charge in [0.2, 0.25) is 0 Å². The van der Waals surface area contributed by atoms with Crippen LogP contribution in [0.5, 0.6) is 0 Å². The molecule has 0 radical (unpaired) electrons. The van der Waals surface area contributed by atoms with Crippen molar-refractivity contribution >= 4 is 28.6 Å². The first kappa shape index (κ1) is 13.1. The fourth-order valence-electron chi connectivity index (χ4n) is 1.90. The lowest BCUT2D eigenvalue weighted by atomic mass is 10.2. The highest BCUT2D eigenvalue weighted by Gasteiger charge is 2.12. The van der Waals surface area contributed by atoms with Gasteiger partial charge < -0.3 is 5.32 Å². The van der Waals surface area contributed by atoms with Gasteiger partial charge in [-0.15, -0.1) is 11.3 Å². The third kappa shape index (κ3) is 2.66. The van der Waals surface area contributed by atoms with E-state index < -0.39 is 0 Å². The molecule has 2 heterocycles. The molecule has 1 unspecified atom stereocenters. The summed E-state index contributed by atoms with van der Waals surface area (Å²) in [5, 5.41) is 10.3. The molecule has 20 heavy (non-hydrogen) atoms. The summed E-state index contributed by atoms with van der Waals surface area (Å²) in [5.41, 5.74) is 4.61. The Morgan fingerprint density at radius 2 is 2.30 bits per heavy atom. The summed E-state index contributed by atoms with van der Waals surface area (Å²) in [6.45, 7) is 2.06. The van der Waals surface area contributed by atoms with Crippen molar-refractivity contribution in [1.82, 2.24) is 19.7 Å². The van der Waals surface area contributed by atoms with E-state index in [1.54, 1.807) is 22.3 Å². The second kappa shape index (κ2) is 5.60. The highest BCUT2D eigenvalue weighted by Crippen LogP contribution is 2.27. The third-order valence-corrected chi connectivity index (χ3v) is 3.73. The molecule has 0 aliphatic carbocycles. The van der Waals surface area contributed by atoms with E-state index in [1.165, 1.54) is 6.33 Å². The average molecular weight is 306 g/mol. The average Bonchev–Trinajstić information content (AvgIpc) is 3.12. The highest BCUT2D eigenvalue weighted by molar-refractivity contribution is 7.07. The van der Waals surface area contributed by atoms with Crippen molar-refractivity contribution in [3.05, 3.63) is 52.5 Å². The van der Waals surface area contributed by atoms with Gasteiger partial charge in [0.25, 0.3) is 0 Å². The molecule has 2 aromatic heterocycles. The number of thiazole rings is 1. The molecule has 3 aromatic rings. The van der Waals surface area contributed by atoms with Crippen molar-refractivity contribution in [2.45, 2.75) is 13.0 Å². The van der Waals surface area contributed by atoms with Gasteiger partial charge in [0, 0.05) is 10.4 Å². The van der Waals surface area contributed by atoms with E-state index in [0.29, 0.717) is 5.02 Å². The highest BCUT2D eigenvalue weighted by atomic mass is 35.5. The summed E-state index contributed by atoms with van der Waals surface area (Å²) in [7, 11) is 0. The lowest BCUT2D eigenvalue weighted by Crippen LogP contribution is -2.10. The van der Waals surface area contributed by atoms with Crippen molar-refractivity contribution in [3.63, 3.8) is 0 Å². The Labute approximate surface area is 125 Å².